The van der Waals surface area contributed by atoms with Crippen molar-refractivity contribution in [2.75, 3.05) is 0 Å². The fourth-order valence-corrected chi connectivity index (χ4v) is 1.25. The van der Waals surface area contributed by atoms with Gasteiger partial charge in [0.25, 0.3) is 0 Å². The molecule has 2 aromatic rings. The number of para-hydroxylation sites is 1. The fourth-order valence-electron chi connectivity index (χ4n) is 1.25. The van der Waals surface area contributed by atoms with Gasteiger partial charge in [-0.15, -0.1) is 0 Å². The molecule has 0 aliphatic heterocycles. The number of benzene rings is 2. The highest BCUT2D eigenvalue weighted by atomic mass is 31.2. The third-order valence-corrected chi connectivity index (χ3v) is 2.01. The summed E-state index contributed by atoms with van der Waals surface area (Å²) in [7, 11) is -4.64. The van der Waals surface area contributed by atoms with E-state index in [1.807, 2.05) is 66.7 Å². The summed E-state index contributed by atoms with van der Waals surface area (Å²) in [4.78, 5) is 21.6. The molecule has 2 aromatic carbocycles. The van der Waals surface area contributed by atoms with Crippen molar-refractivity contribution in [1.29, 1.82) is 0 Å². The van der Waals surface area contributed by atoms with Crippen LogP contribution in [-0.2, 0) is 4.57 Å². The highest BCUT2D eigenvalue weighted by molar-refractivity contribution is 7.45. The molecule has 0 fully saturated rings. The molecule has 0 radical (unpaired) electrons. The van der Waals surface area contributed by atoms with Gasteiger partial charge in [-0.2, -0.15) is 0 Å². The Kier molecular flexibility index (Phi) is 6.70. The Labute approximate surface area is 117 Å². The number of hydrogen-bond acceptors (Lipinski definition) is 2. The van der Waals surface area contributed by atoms with E-state index in [-0.39, 0.29) is 0 Å². The van der Waals surface area contributed by atoms with Gasteiger partial charge >= 0.3 is 7.82 Å². The average Bonchev–Trinajstić information content (AvgIpc) is 2.39. The first-order chi connectivity index (χ1) is 9.45. The van der Waals surface area contributed by atoms with E-state index < -0.39 is 7.82 Å². The molecule has 20 heavy (non-hydrogen) atoms. The first kappa shape index (κ1) is 16.1. The Morgan fingerprint density at radius 2 is 1.30 bits per heavy atom. The van der Waals surface area contributed by atoms with Gasteiger partial charge in [0, 0.05) is 0 Å². The van der Waals surface area contributed by atoms with Gasteiger partial charge < -0.3 is 19.4 Å². The van der Waals surface area contributed by atoms with Crippen LogP contribution in [0.5, 0.6) is 5.75 Å². The maximum absolute atomic E-state index is 8.88. The van der Waals surface area contributed by atoms with Gasteiger partial charge in [-0.1, -0.05) is 48.5 Å². The van der Waals surface area contributed by atoms with Gasteiger partial charge in [0.2, 0.25) is 0 Å². The summed E-state index contributed by atoms with van der Waals surface area (Å²) < 4.78 is 14.3. The van der Waals surface area contributed by atoms with E-state index in [1.165, 1.54) is 0 Å². The topological polar surface area (TPSA) is 87.0 Å². The van der Waals surface area contributed by atoms with Crippen LogP contribution in [0.4, 0.5) is 0 Å². The SMILES string of the molecule is C(=Cc1ccccc1)Oc1ccccc1.O=P(O)(O)O. The molecule has 106 valence electrons. The van der Waals surface area contributed by atoms with Crippen molar-refractivity contribution in [3.8, 4) is 5.75 Å². The standard InChI is InChI=1S/C14H12O.H3O4P/c1-3-7-13(8-4-1)11-12-15-14-9-5-2-6-10-14;1-5(2,3)4/h1-12H;(H3,1,2,3,4). The van der Waals surface area contributed by atoms with Gasteiger partial charge in [0.1, 0.15) is 5.75 Å². The van der Waals surface area contributed by atoms with Gasteiger partial charge in [-0.3, -0.25) is 0 Å². The minimum absolute atomic E-state index is 0.852. The van der Waals surface area contributed by atoms with Crippen molar-refractivity contribution in [1.82, 2.24) is 0 Å². The van der Waals surface area contributed by atoms with Crippen molar-refractivity contribution in [2.45, 2.75) is 0 Å². The summed E-state index contributed by atoms with van der Waals surface area (Å²) in [6, 6.07) is 19.8. The highest BCUT2D eigenvalue weighted by Crippen LogP contribution is 2.25. The number of hydrogen-bond donors (Lipinski definition) is 3. The van der Waals surface area contributed by atoms with Gasteiger partial charge in [-0.05, 0) is 23.8 Å². The zero-order valence-electron chi connectivity index (χ0n) is 10.5. The number of phosphoric acid groups is 1. The molecule has 0 amide bonds. The van der Waals surface area contributed by atoms with Crippen LogP contribution < -0.4 is 4.74 Å². The Hall–Kier alpha value is -1.91. The summed E-state index contributed by atoms with van der Waals surface area (Å²) in [6.45, 7) is 0. The molecule has 0 atom stereocenters. The normalized spacial score (nSPS) is 10.8. The molecule has 0 bridgehead atoms. The summed E-state index contributed by atoms with van der Waals surface area (Å²) in [5, 5.41) is 0. The maximum atomic E-state index is 8.88. The number of ether oxygens (including phenoxy) is 1. The Morgan fingerprint density at radius 1 is 0.850 bits per heavy atom. The molecule has 0 aliphatic carbocycles. The van der Waals surface area contributed by atoms with E-state index in [0.29, 0.717) is 0 Å². The molecule has 0 aliphatic rings. The second kappa shape index (κ2) is 8.30. The lowest BCUT2D eigenvalue weighted by atomic mass is 10.2. The van der Waals surface area contributed by atoms with Gasteiger partial charge in [-0.25, -0.2) is 4.57 Å². The maximum Gasteiger partial charge on any atom is 0.466 e. The van der Waals surface area contributed by atoms with Crippen LogP contribution in [-0.4, -0.2) is 14.7 Å². The highest BCUT2D eigenvalue weighted by Gasteiger charge is 2.00. The van der Waals surface area contributed by atoms with Gasteiger partial charge in [0.15, 0.2) is 0 Å². The molecular formula is C14H15O5P. The summed E-state index contributed by atoms with van der Waals surface area (Å²) in [5.41, 5.74) is 1.13. The van der Waals surface area contributed by atoms with Crippen LogP contribution in [0, 0.1) is 0 Å². The molecule has 3 N–H and O–H groups in total. The molecular weight excluding hydrogens is 279 g/mol. The van der Waals surface area contributed by atoms with Crippen molar-refractivity contribution < 1.29 is 24.0 Å². The monoisotopic (exact) mass is 294 g/mol. The predicted octanol–water partition coefficient (Wildman–Crippen LogP) is 2.81. The van der Waals surface area contributed by atoms with Gasteiger partial charge in [0.05, 0.1) is 6.26 Å². The molecule has 6 heteroatoms. The quantitative estimate of drug-likeness (QED) is 0.598. The minimum atomic E-state index is -4.64. The zero-order valence-corrected chi connectivity index (χ0v) is 11.4. The van der Waals surface area contributed by atoms with Crippen molar-refractivity contribution in [2.24, 2.45) is 0 Å². The zero-order chi connectivity index (χ0) is 14.8. The Morgan fingerprint density at radius 3 is 1.80 bits per heavy atom. The molecule has 0 saturated carbocycles. The van der Waals surface area contributed by atoms with E-state index >= 15 is 0 Å². The first-order valence-corrected chi connectivity index (χ1v) is 7.23. The van der Waals surface area contributed by atoms with Crippen molar-refractivity contribution in [3.05, 3.63) is 72.5 Å². The lowest BCUT2D eigenvalue weighted by molar-refractivity contribution is 0.275. The predicted molar refractivity (Wildman–Crippen MR) is 76.8 cm³/mol. The third kappa shape index (κ3) is 9.08. The van der Waals surface area contributed by atoms with E-state index in [1.54, 1.807) is 6.26 Å². The molecule has 0 spiro atoms. The second-order valence-electron chi connectivity index (χ2n) is 3.66. The summed E-state index contributed by atoms with van der Waals surface area (Å²) in [5.74, 6) is 0.852. The summed E-state index contributed by atoms with van der Waals surface area (Å²) in [6.07, 6.45) is 3.64. The van der Waals surface area contributed by atoms with E-state index in [2.05, 4.69) is 0 Å². The number of rotatable bonds is 3. The van der Waals surface area contributed by atoms with Crippen LogP contribution in [0.1, 0.15) is 5.56 Å². The lowest BCUT2D eigenvalue weighted by Gasteiger charge is -1.98. The van der Waals surface area contributed by atoms with Crippen LogP contribution >= 0.6 is 7.82 Å². The van der Waals surface area contributed by atoms with Crippen LogP contribution in [0.15, 0.2) is 66.9 Å². The molecule has 0 heterocycles. The molecule has 0 unspecified atom stereocenters. The fraction of sp³-hybridized carbons (Fsp3) is 0. The summed E-state index contributed by atoms with van der Waals surface area (Å²) >= 11 is 0. The van der Waals surface area contributed by atoms with Crippen LogP contribution in [0.25, 0.3) is 6.08 Å². The first-order valence-electron chi connectivity index (χ1n) is 5.67. The molecule has 2 rings (SSSR count). The smallest absolute Gasteiger partial charge is 0.465 e. The largest absolute Gasteiger partial charge is 0.466 e. The van der Waals surface area contributed by atoms with E-state index in [0.717, 1.165) is 11.3 Å². The van der Waals surface area contributed by atoms with E-state index in [9.17, 15) is 0 Å². The van der Waals surface area contributed by atoms with Crippen LogP contribution in [0.3, 0.4) is 0 Å². The molecule has 0 saturated heterocycles. The minimum Gasteiger partial charge on any atom is -0.465 e. The Bertz CT molecular complexity index is 554. The molecule has 0 aromatic heterocycles. The van der Waals surface area contributed by atoms with E-state index in [4.69, 9.17) is 24.0 Å². The Balaban J connectivity index is 0.000000347. The lowest BCUT2D eigenvalue weighted by Crippen LogP contribution is -1.80. The molecule has 5 nitrogen and oxygen atoms in total. The third-order valence-electron chi connectivity index (χ3n) is 2.01. The van der Waals surface area contributed by atoms with Crippen molar-refractivity contribution >= 4 is 13.9 Å². The second-order valence-corrected chi connectivity index (χ2v) is 4.68. The average molecular weight is 294 g/mol. The van der Waals surface area contributed by atoms with Crippen molar-refractivity contribution in [3.63, 3.8) is 0 Å². The van der Waals surface area contributed by atoms with Crippen LogP contribution in [0.2, 0.25) is 0 Å².